The van der Waals surface area contributed by atoms with Crippen molar-refractivity contribution in [3.05, 3.63) is 54.1 Å². The molecule has 0 aliphatic carbocycles. The molecule has 6 heteroatoms. The summed E-state index contributed by atoms with van der Waals surface area (Å²) in [5.41, 5.74) is 2.55. The van der Waals surface area contributed by atoms with Crippen molar-refractivity contribution in [2.75, 3.05) is 30.4 Å². The highest BCUT2D eigenvalue weighted by Crippen LogP contribution is 2.17. The van der Waals surface area contributed by atoms with Gasteiger partial charge in [0.05, 0.1) is 7.11 Å². The molecule has 2 amide bonds. The van der Waals surface area contributed by atoms with Gasteiger partial charge in [-0.05, 0) is 55.8 Å². The molecule has 0 bridgehead atoms. The Morgan fingerprint density at radius 1 is 0.923 bits per heavy atom. The smallest absolute Gasteiger partial charge is 0.313 e. The van der Waals surface area contributed by atoms with Gasteiger partial charge in [-0.2, -0.15) is 0 Å². The fourth-order valence-corrected chi connectivity index (χ4v) is 2.54. The molecule has 2 aromatic carbocycles. The molecule has 2 aromatic rings. The monoisotopic (exact) mass is 355 g/mol. The maximum atomic E-state index is 12.0. The highest BCUT2D eigenvalue weighted by Gasteiger charge is 2.13. The average Bonchev–Trinajstić information content (AvgIpc) is 2.68. The highest BCUT2D eigenvalue weighted by atomic mass is 16.5. The van der Waals surface area contributed by atoms with E-state index in [0.717, 1.165) is 30.1 Å². The van der Waals surface area contributed by atoms with Crippen LogP contribution in [0.1, 0.15) is 19.4 Å². The van der Waals surface area contributed by atoms with Crippen molar-refractivity contribution in [2.45, 2.75) is 20.4 Å². The summed E-state index contributed by atoms with van der Waals surface area (Å²) in [7, 11) is 1.59. The second kappa shape index (κ2) is 9.46. The van der Waals surface area contributed by atoms with E-state index in [4.69, 9.17) is 4.74 Å². The number of nitrogens with one attached hydrogen (secondary N) is 2. The molecule has 0 atom stereocenters. The van der Waals surface area contributed by atoms with E-state index in [1.165, 1.54) is 0 Å². The molecular formula is C20H25N3O3. The normalized spacial score (nSPS) is 10.1. The molecular weight excluding hydrogens is 330 g/mol. The van der Waals surface area contributed by atoms with Gasteiger partial charge in [-0.1, -0.05) is 12.1 Å². The fourth-order valence-electron chi connectivity index (χ4n) is 2.54. The molecule has 26 heavy (non-hydrogen) atoms. The zero-order chi connectivity index (χ0) is 18.9. The minimum absolute atomic E-state index is 0.275. The summed E-state index contributed by atoms with van der Waals surface area (Å²) in [4.78, 5) is 26.2. The van der Waals surface area contributed by atoms with Gasteiger partial charge in [0.25, 0.3) is 0 Å². The zero-order valence-corrected chi connectivity index (χ0v) is 15.4. The lowest BCUT2D eigenvalue weighted by Crippen LogP contribution is -2.34. The minimum Gasteiger partial charge on any atom is -0.497 e. The second-order valence-electron chi connectivity index (χ2n) is 5.70. The van der Waals surface area contributed by atoms with Gasteiger partial charge in [-0.3, -0.25) is 9.59 Å². The second-order valence-corrected chi connectivity index (χ2v) is 5.70. The van der Waals surface area contributed by atoms with Gasteiger partial charge < -0.3 is 20.3 Å². The molecule has 0 fully saturated rings. The predicted octanol–water partition coefficient (Wildman–Crippen LogP) is 2.80. The molecule has 0 saturated carbocycles. The molecule has 0 heterocycles. The van der Waals surface area contributed by atoms with E-state index in [2.05, 4.69) is 29.4 Å². The van der Waals surface area contributed by atoms with E-state index in [-0.39, 0.29) is 6.54 Å². The van der Waals surface area contributed by atoms with Crippen LogP contribution in [0.3, 0.4) is 0 Å². The van der Waals surface area contributed by atoms with Gasteiger partial charge in [-0.15, -0.1) is 0 Å². The first-order chi connectivity index (χ1) is 12.6. The molecule has 0 aliphatic heterocycles. The topological polar surface area (TPSA) is 70.7 Å². The first kappa shape index (κ1) is 19.3. The van der Waals surface area contributed by atoms with Crippen LogP contribution in [0.5, 0.6) is 5.75 Å². The lowest BCUT2D eigenvalue weighted by atomic mass is 10.2. The van der Waals surface area contributed by atoms with Gasteiger partial charge in [0.15, 0.2) is 0 Å². The molecule has 2 N–H and O–H groups in total. The lowest BCUT2D eigenvalue weighted by Gasteiger charge is -2.21. The minimum atomic E-state index is -0.686. The lowest BCUT2D eigenvalue weighted by molar-refractivity contribution is -0.136. The molecule has 0 aliphatic rings. The number of methoxy groups -OCH3 is 1. The Balaban J connectivity index is 1.87. The van der Waals surface area contributed by atoms with E-state index in [1.807, 2.05) is 24.3 Å². The summed E-state index contributed by atoms with van der Waals surface area (Å²) in [6.07, 6.45) is 0. The Hall–Kier alpha value is -3.02. The van der Waals surface area contributed by atoms with Crippen LogP contribution in [0.15, 0.2) is 48.5 Å². The predicted molar refractivity (Wildman–Crippen MR) is 103 cm³/mol. The number of carbonyl (C=O) groups is 2. The number of hydrogen-bond acceptors (Lipinski definition) is 4. The first-order valence-corrected chi connectivity index (χ1v) is 8.64. The maximum Gasteiger partial charge on any atom is 0.313 e. The first-order valence-electron chi connectivity index (χ1n) is 8.64. The number of benzene rings is 2. The van der Waals surface area contributed by atoms with E-state index >= 15 is 0 Å². The number of rotatable bonds is 7. The van der Waals surface area contributed by atoms with Crippen LogP contribution in [-0.4, -0.2) is 32.0 Å². The van der Waals surface area contributed by atoms with Gasteiger partial charge in [0.2, 0.25) is 0 Å². The maximum absolute atomic E-state index is 12.0. The Morgan fingerprint density at radius 2 is 1.54 bits per heavy atom. The summed E-state index contributed by atoms with van der Waals surface area (Å²) in [6.45, 7) is 6.28. The SMILES string of the molecule is CCN(CC)c1ccc(NC(=O)C(=O)NCc2ccc(OC)cc2)cc1. The van der Waals surface area contributed by atoms with Crippen LogP contribution in [0.4, 0.5) is 11.4 Å². The Bertz CT molecular complexity index is 723. The largest absolute Gasteiger partial charge is 0.497 e. The summed E-state index contributed by atoms with van der Waals surface area (Å²) in [5.74, 6) is -0.617. The molecule has 0 unspecified atom stereocenters. The van der Waals surface area contributed by atoms with Crippen molar-refractivity contribution in [3.8, 4) is 5.75 Å². The standard InChI is InChI=1S/C20H25N3O3/c1-4-23(5-2)17-10-8-16(9-11-17)22-20(25)19(24)21-14-15-6-12-18(26-3)13-7-15/h6-13H,4-5,14H2,1-3H3,(H,21,24)(H,22,25). The van der Waals surface area contributed by atoms with Gasteiger partial charge in [-0.25, -0.2) is 0 Å². The van der Waals surface area contributed by atoms with Crippen molar-refractivity contribution in [3.63, 3.8) is 0 Å². The van der Waals surface area contributed by atoms with E-state index < -0.39 is 11.8 Å². The molecule has 0 spiro atoms. The fraction of sp³-hybridized carbons (Fsp3) is 0.300. The van der Waals surface area contributed by atoms with Crippen LogP contribution >= 0.6 is 0 Å². The van der Waals surface area contributed by atoms with Crippen LogP contribution in [0, 0.1) is 0 Å². The van der Waals surface area contributed by atoms with Crippen LogP contribution < -0.4 is 20.3 Å². The molecule has 0 saturated heterocycles. The summed E-state index contributed by atoms with van der Waals surface area (Å²) in [6, 6.07) is 14.7. The van der Waals surface area contributed by atoms with E-state index in [1.54, 1.807) is 31.4 Å². The number of amides is 2. The van der Waals surface area contributed by atoms with Crippen molar-refractivity contribution in [2.24, 2.45) is 0 Å². The summed E-state index contributed by atoms with van der Waals surface area (Å²) in [5, 5.41) is 5.21. The quantitative estimate of drug-likeness (QED) is 0.749. The highest BCUT2D eigenvalue weighted by molar-refractivity contribution is 6.39. The van der Waals surface area contributed by atoms with Gasteiger partial charge in [0, 0.05) is 31.0 Å². The number of nitrogens with zero attached hydrogens (tertiary/aromatic N) is 1. The number of ether oxygens (including phenoxy) is 1. The molecule has 2 rings (SSSR count). The van der Waals surface area contributed by atoms with E-state index in [0.29, 0.717) is 5.69 Å². The average molecular weight is 355 g/mol. The third kappa shape index (κ3) is 5.24. The van der Waals surface area contributed by atoms with Crippen molar-refractivity contribution in [1.82, 2.24) is 5.32 Å². The van der Waals surface area contributed by atoms with Crippen LogP contribution in [0.25, 0.3) is 0 Å². The van der Waals surface area contributed by atoms with Crippen molar-refractivity contribution in [1.29, 1.82) is 0 Å². The third-order valence-corrected chi connectivity index (χ3v) is 4.07. The number of anilines is 2. The molecule has 138 valence electrons. The number of carbonyl (C=O) groups excluding carboxylic acids is 2. The summed E-state index contributed by atoms with van der Waals surface area (Å²) >= 11 is 0. The Labute approximate surface area is 154 Å². The van der Waals surface area contributed by atoms with Gasteiger partial charge >= 0.3 is 11.8 Å². The van der Waals surface area contributed by atoms with Crippen LogP contribution in [-0.2, 0) is 16.1 Å². The van der Waals surface area contributed by atoms with Crippen molar-refractivity contribution >= 4 is 23.2 Å². The Kier molecular flexibility index (Phi) is 7.02. The molecule has 0 aromatic heterocycles. The Morgan fingerprint density at radius 3 is 2.08 bits per heavy atom. The number of hydrogen-bond donors (Lipinski definition) is 2. The van der Waals surface area contributed by atoms with Crippen molar-refractivity contribution < 1.29 is 14.3 Å². The van der Waals surface area contributed by atoms with Crippen LogP contribution in [0.2, 0.25) is 0 Å². The third-order valence-electron chi connectivity index (χ3n) is 4.07. The van der Waals surface area contributed by atoms with Gasteiger partial charge in [0.1, 0.15) is 5.75 Å². The van der Waals surface area contributed by atoms with E-state index in [9.17, 15) is 9.59 Å². The summed E-state index contributed by atoms with van der Waals surface area (Å²) < 4.78 is 5.08. The molecule has 6 nitrogen and oxygen atoms in total. The zero-order valence-electron chi connectivity index (χ0n) is 15.4. The molecule has 0 radical (unpaired) electrons.